The fourth-order valence-corrected chi connectivity index (χ4v) is 3.03. The first kappa shape index (κ1) is 17.3. The molecule has 28 heavy (non-hydrogen) atoms. The maximum atomic E-state index is 13.0. The highest BCUT2D eigenvalue weighted by molar-refractivity contribution is 5.96. The number of carbonyl (C=O) groups excluding carboxylic acids is 1. The van der Waals surface area contributed by atoms with Gasteiger partial charge in [0.25, 0.3) is 11.2 Å². The lowest BCUT2D eigenvalue weighted by molar-refractivity contribution is -0.384. The fraction of sp³-hybridized carbons (Fsp3) is 0.111. The van der Waals surface area contributed by atoms with Gasteiger partial charge >= 0.3 is 5.97 Å². The van der Waals surface area contributed by atoms with E-state index in [9.17, 15) is 19.7 Å². The van der Waals surface area contributed by atoms with E-state index in [2.05, 4.69) is 10.1 Å². The summed E-state index contributed by atoms with van der Waals surface area (Å²) in [5.74, 6) is -0.581. The van der Waals surface area contributed by atoms with Crippen LogP contribution in [0.1, 0.15) is 15.9 Å². The Kier molecular flexibility index (Phi) is 3.88. The van der Waals surface area contributed by atoms with E-state index in [0.29, 0.717) is 16.8 Å². The molecule has 4 aromatic rings. The van der Waals surface area contributed by atoms with Gasteiger partial charge in [-0.3, -0.25) is 19.5 Å². The van der Waals surface area contributed by atoms with Crippen molar-refractivity contribution in [2.45, 2.75) is 6.92 Å². The van der Waals surface area contributed by atoms with Crippen molar-refractivity contribution < 1.29 is 14.5 Å². The number of esters is 1. The first-order valence-corrected chi connectivity index (χ1v) is 8.14. The third-order valence-corrected chi connectivity index (χ3v) is 4.46. The fourth-order valence-electron chi connectivity index (χ4n) is 3.03. The molecule has 10 heteroatoms. The molecule has 0 saturated heterocycles. The van der Waals surface area contributed by atoms with Gasteiger partial charge in [0.2, 0.25) is 0 Å². The number of non-ortho nitro benzene ring substituents is 1. The number of fused-ring (bicyclic) bond motifs is 3. The second kappa shape index (κ2) is 6.27. The molecular formula is C18H13N5O5. The molecule has 0 spiro atoms. The summed E-state index contributed by atoms with van der Waals surface area (Å²) >= 11 is 0. The number of ether oxygens (including phenoxy) is 1. The molecule has 0 aliphatic rings. The number of carbonyl (C=O) groups is 1. The van der Waals surface area contributed by atoms with Gasteiger partial charge in [0, 0.05) is 24.5 Å². The summed E-state index contributed by atoms with van der Waals surface area (Å²) in [5, 5.41) is 15.5. The molecule has 0 aliphatic heterocycles. The van der Waals surface area contributed by atoms with Crippen molar-refractivity contribution in [2.24, 2.45) is 0 Å². The van der Waals surface area contributed by atoms with E-state index in [1.54, 1.807) is 19.1 Å². The molecule has 0 N–H and O–H groups in total. The quantitative estimate of drug-likeness (QED) is 0.303. The Morgan fingerprint density at radius 3 is 2.75 bits per heavy atom. The Hall–Kier alpha value is -4.08. The van der Waals surface area contributed by atoms with Crippen LogP contribution in [0, 0.1) is 17.0 Å². The van der Waals surface area contributed by atoms with Gasteiger partial charge in [0.1, 0.15) is 5.56 Å². The molecule has 0 fully saturated rings. The molecule has 0 radical (unpaired) electrons. The minimum absolute atomic E-state index is 0.115. The zero-order valence-electron chi connectivity index (χ0n) is 14.8. The zero-order chi connectivity index (χ0) is 20.0. The van der Waals surface area contributed by atoms with E-state index in [0.717, 1.165) is 0 Å². The number of nitro benzene ring substituents is 1. The zero-order valence-corrected chi connectivity index (χ0v) is 14.8. The minimum atomic E-state index is -0.581. The molecule has 140 valence electrons. The van der Waals surface area contributed by atoms with Crippen molar-refractivity contribution in [1.82, 2.24) is 19.2 Å². The standard InChI is InChI=1S/C18H13N5O5/c1-10-3-4-11(23(26)27)7-15(10)21-6-5-14-12(17(21)24)8-19-16-13(18(25)28-2)9-20-22(14)16/h3-9H,1-2H3. The average Bonchev–Trinajstić information content (AvgIpc) is 3.12. The van der Waals surface area contributed by atoms with Crippen LogP contribution in [0.4, 0.5) is 5.69 Å². The van der Waals surface area contributed by atoms with Crippen LogP contribution in [0.3, 0.4) is 0 Å². The van der Waals surface area contributed by atoms with Gasteiger partial charge in [0.15, 0.2) is 5.65 Å². The number of benzene rings is 1. The van der Waals surface area contributed by atoms with Gasteiger partial charge in [-0.05, 0) is 18.6 Å². The summed E-state index contributed by atoms with van der Waals surface area (Å²) in [6.07, 6.45) is 4.18. The van der Waals surface area contributed by atoms with Crippen molar-refractivity contribution in [1.29, 1.82) is 0 Å². The maximum Gasteiger partial charge on any atom is 0.343 e. The van der Waals surface area contributed by atoms with Gasteiger partial charge in [-0.1, -0.05) is 6.07 Å². The lowest BCUT2D eigenvalue weighted by Crippen LogP contribution is -2.20. The number of pyridine rings is 1. The van der Waals surface area contributed by atoms with E-state index < -0.39 is 16.5 Å². The Balaban J connectivity index is 1.97. The molecule has 0 bridgehead atoms. The molecule has 0 amide bonds. The van der Waals surface area contributed by atoms with E-state index in [4.69, 9.17) is 4.74 Å². The Bertz CT molecular complexity index is 1340. The lowest BCUT2D eigenvalue weighted by Gasteiger charge is -2.10. The summed E-state index contributed by atoms with van der Waals surface area (Å²) in [5.41, 5.74) is 1.47. The van der Waals surface area contributed by atoms with Crippen LogP contribution in [0.25, 0.3) is 22.2 Å². The van der Waals surface area contributed by atoms with Crippen LogP contribution < -0.4 is 5.56 Å². The van der Waals surface area contributed by atoms with Gasteiger partial charge in [0.05, 0.1) is 34.8 Å². The molecular weight excluding hydrogens is 366 g/mol. The number of rotatable bonds is 3. The molecule has 1 aromatic carbocycles. The molecule has 4 rings (SSSR count). The third kappa shape index (κ3) is 2.50. The highest BCUT2D eigenvalue weighted by atomic mass is 16.6. The van der Waals surface area contributed by atoms with Gasteiger partial charge < -0.3 is 4.74 Å². The predicted molar refractivity (Wildman–Crippen MR) is 98.8 cm³/mol. The highest BCUT2D eigenvalue weighted by Crippen LogP contribution is 2.21. The topological polar surface area (TPSA) is 122 Å². The molecule has 0 aliphatic carbocycles. The van der Waals surface area contributed by atoms with Gasteiger partial charge in [-0.25, -0.2) is 14.3 Å². The van der Waals surface area contributed by atoms with E-state index >= 15 is 0 Å². The Labute approximate surface area is 156 Å². The Morgan fingerprint density at radius 1 is 1.25 bits per heavy atom. The summed E-state index contributed by atoms with van der Waals surface area (Å²) in [6, 6.07) is 5.95. The number of methoxy groups -OCH3 is 1. The summed E-state index contributed by atoms with van der Waals surface area (Å²) in [6.45, 7) is 1.76. The van der Waals surface area contributed by atoms with Crippen LogP contribution in [0.15, 0.2) is 47.7 Å². The number of hydrogen-bond acceptors (Lipinski definition) is 7. The van der Waals surface area contributed by atoms with Crippen LogP contribution in [-0.4, -0.2) is 37.2 Å². The highest BCUT2D eigenvalue weighted by Gasteiger charge is 2.18. The first-order chi connectivity index (χ1) is 13.4. The smallest absolute Gasteiger partial charge is 0.343 e. The first-order valence-electron chi connectivity index (χ1n) is 8.14. The summed E-state index contributed by atoms with van der Waals surface area (Å²) in [4.78, 5) is 39.6. The van der Waals surface area contributed by atoms with Crippen LogP contribution in [0.5, 0.6) is 0 Å². The van der Waals surface area contributed by atoms with E-state index in [-0.39, 0.29) is 22.3 Å². The van der Waals surface area contributed by atoms with Crippen molar-refractivity contribution in [3.8, 4) is 5.69 Å². The number of nitro groups is 1. The number of nitrogens with zero attached hydrogens (tertiary/aromatic N) is 5. The van der Waals surface area contributed by atoms with Gasteiger partial charge in [-0.15, -0.1) is 0 Å². The monoisotopic (exact) mass is 379 g/mol. The van der Waals surface area contributed by atoms with Gasteiger partial charge in [-0.2, -0.15) is 5.10 Å². The molecule has 10 nitrogen and oxygen atoms in total. The average molecular weight is 379 g/mol. The molecule has 3 heterocycles. The van der Waals surface area contributed by atoms with Crippen LogP contribution in [-0.2, 0) is 4.74 Å². The number of hydrogen-bond donors (Lipinski definition) is 0. The molecule has 0 unspecified atom stereocenters. The largest absolute Gasteiger partial charge is 0.465 e. The Morgan fingerprint density at radius 2 is 2.04 bits per heavy atom. The second-order valence-corrected chi connectivity index (χ2v) is 6.06. The van der Waals surface area contributed by atoms with E-state index in [1.165, 1.54) is 46.9 Å². The van der Waals surface area contributed by atoms with Crippen molar-refractivity contribution in [2.75, 3.05) is 7.11 Å². The summed E-state index contributed by atoms with van der Waals surface area (Å²) in [7, 11) is 1.26. The number of aromatic nitrogens is 4. The maximum absolute atomic E-state index is 13.0. The van der Waals surface area contributed by atoms with Crippen LogP contribution in [0.2, 0.25) is 0 Å². The lowest BCUT2D eigenvalue weighted by atomic mass is 10.1. The molecule has 0 saturated carbocycles. The predicted octanol–water partition coefficient (Wildman–Crippen LogP) is 2.04. The molecule has 0 atom stereocenters. The van der Waals surface area contributed by atoms with Crippen molar-refractivity contribution >= 4 is 28.2 Å². The summed E-state index contributed by atoms with van der Waals surface area (Å²) < 4.78 is 7.41. The van der Waals surface area contributed by atoms with Crippen LogP contribution >= 0.6 is 0 Å². The normalized spacial score (nSPS) is 11.1. The SMILES string of the molecule is COC(=O)c1cnn2c1ncc1c(=O)n(-c3cc([N+](=O)[O-])ccc3C)ccc12. The third-order valence-electron chi connectivity index (χ3n) is 4.46. The van der Waals surface area contributed by atoms with Crippen molar-refractivity contribution in [3.05, 3.63) is 74.5 Å². The van der Waals surface area contributed by atoms with E-state index in [1.807, 2.05) is 0 Å². The minimum Gasteiger partial charge on any atom is -0.465 e. The second-order valence-electron chi connectivity index (χ2n) is 6.06. The van der Waals surface area contributed by atoms with Crippen molar-refractivity contribution in [3.63, 3.8) is 0 Å². The molecule has 3 aromatic heterocycles. The number of aryl methyl sites for hydroxylation is 1.